The number of halogens is 2. The van der Waals surface area contributed by atoms with Gasteiger partial charge in [0.1, 0.15) is 10.3 Å². The van der Waals surface area contributed by atoms with Crippen LogP contribution in [0.15, 0.2) is 38.4 Å². The zero-order valence-corrected chi connectivity index (χ0v) is 13.7. The van der Waals surface area contributed by atoms with Crippen LogP contribution in [0.4, 0.5) is 0 Å². The van der Waals surface area contributed by atoms with Crippen molar-refractivity contribution < 1.29 is 0 Å². The van der Waals surface area contributed by atoms with Crippen molar-refractivity contribution in [2.24, 2.45) is 0 Å². The molecular weight excluding hydrogens is 360 g/mol. The van der Waals surface area contributed by atoms with Crippen molar-refractivity contribution in [3.8, 4) is 0 Å². The van der Waals surface area contributed by atoms with Crippen molar-refractivity contribution in [3.05, 3.63) is 55.6 Å². The lowest BCUT2D eigenvalue weighted by Crippen LogP contribution is -2.14. The molecule has 1 aliphatic carbocycles. The lowest BCUT2D eigenvalue weighted by molar-refractivity contribution is 0.899. The Morgan fingerprint density at radius 2 is 2.15 bits per heavy atom. The highest BCUT2D eigenvalue weighted by molar-refractivity contribution is 9.10. The molecule has 0 bridgehead atoms. The molecule has 0 aliphatic heterocycles. The Labute approximate surface area is 134 Å². The predicted molar refractivity (Wildman–Crippen MR) is 85.5 cm³/mol. The molecule has 0 amide bonds. The van der Waals surface area contributed by atoms with Crippen molar-refractivity contribution in [3.63, 3.8) is 0 Å². The van der Waals surface area contributed by atoms with Gasteiger partial charge in [0, 0.05) is 10.8 Å². The van der Waals surface area contributed by atoms with Crippen molar-refractivity contribution >= 4 is 39.3 Å². The van der Waals surface area contributed by atoms with E-state index >= 15 is 0 Å². The van der Waals surface area contributed by atoms with Gasteiger partial charge < -0.3 is 4.98 Å². The average molecular weight is 372 g/mol. The number of thioether (sulfide) groups is 1. The summed E-state index contributed by atoms with van der Waals surface area (Å²) in [5, 5.41) is 0.722. The van der Waals surface area contributed by atoms with E-state index in [1.165, 1.54) is 0 Å². The van der Waals surface area contributed by atoms with Crippen LogP contribution >= 0.6 is 39.3 Å². The van der Waals surface area contributed by atoms with Gasteiger partial charge in [-0.2, -0.15) is 0 Å². The molecule has 104 valence electrons. The first kappa shape index (κ1) is 14.2. The summed E-state index contributed by atoms with van der Waals surface area (Å²) in [5.74, 6) is 1.74. The Morgan fingerprint density at radius 1 is 1.40 bits per heavy atom. The van der Waals surface area contributed by atoms with Gasteiger partial charge in [0.2, 0.25) is 0 Å². The van der Waals surface area contributed by atoms with E-state index in [0.29, 0.717) is 22.0 Å². The van der Waals surface area contributed by atoms with Crippen LogP contribution in [0.1, 0.15) is 30.3 Å². The molecule has 3 nitrogen and oxygen atoms in total. The molecule has 3 rings (SSSR count). The van der Waals surface area contributed by atoms with Crippen LogP contribution in [0.3, 0.4) is 0 Å². The van der Waals surface area contributed by atoms with Gasteiger partial charge in [0.25, 0.3) is 5.56 Å². The normalized spacial score (nSPS) is 14.5. The quantitative estimate of drug-likeness (QED) is 0.812. The first-order valence-electron chi connectivity index (χ1n) is 6.31. The molecule has 2 aromatic rings. The van der Waals surface area contributed by atoms with Gasteiger partial charge in [-0.1, -0.05) is 23.7 Å². The van der Waals surface area contributed by atoms with Crippen LogP contribution in [-0.4, -0.2) is 9.97 Å². The van der Waals surface area contributed by atoms with Crippen molar-refractivity contribution in [1.82, 2.24) is 9.97 Å². The Balaban J connectivity index is 1.81. The van der Waals surface area contributed by atoms with Crippen molar-refractivity contribution in [1.29, 1.82) is 0 Å². The van der Waals surface area contributed by atoms with Gasteiger partial charge in [-0.05, 0) is 40.9 Å². The summed E-state index contributed by atoms with van der Waals surface area (Å²) in [6.45, 7) is 0. The van der Waals surface area contributed by atoms with Gasteiger partial charge in [-0.25, -0.2) is 4.98 Å². The molecule has 1 aromatic heterocycles. The van der Waals surface area contributed by atoms with E-state index in [9.17, 15) is 4.79 Å². The average Bonchev–Trinajstić information content (AvgIpc) is 3.26. The summed E-state index contributed by atoms with van der Waals surface area (Å²) < 4.78 is 0.575. The van der Waals surface area contributed by atoms with Gasteiger partial charge in [0.05, 0.1) is 16.5 Å². The van der Waals surface area contributed by atoms with Gasteiger partial charge >= 0.3 is 0 Å². The first-order chi connectivity index (χ1) is 9.65. The number of nitrogens with one attached hydrogen (secondary N) is 1. The third-order valence-electron chi connectivity index (χ3n) is 3.10. The molecule has 1 aromatic carbocycles. The molecule has 20 heavy (non-hydrogen) atoms. The van der Waals surface area contributed by atoms with Crippen molar-refractivity contribution in [2.45, 2.75) is 29.4 Å². The van der Waals surface area contributed by atoms with Gasteiger partial charge in [0.15, 0.2) is 0 Å². The topological polar surface area (TPSA) is 45.8 Å². The fourth-order valence-electron chi connectivity index (χ4n) is 1.93. The second-order valence-electron chi connectivity index (χ2n) is 4.71. The highest BCUT2D eigenvalue weighted by atomic mass is 79.9. The summed E-state index contributed by atoms with van der Waals surface area (Å²) in [6, 6.07) is 7.67. The number of hydrogen-bond donors (Lipinski definition) is 1. The molecule has 1 heterocycles. The maximum absolute atomic E-state index is 11.9. The predicted octanol–water partition coefficient (Wildman–Crippen LogP) is 4.36. The van der Waals surface area contributed by atoms with E-state index in [1.54, 1.807) is 11.8 Å². The summed E-state index contributed by atoms with van der Waals surface area (Å²) in [5.41, 5.74) is 0.792. The SMILES string of the molecule is O=c1[nH]c(CSc2ccccc2Cl)nc(C2CC2)c1Br. The van der Waals surface area contributed by atoms with Crippen LogP contribution in [0.2, 0.25) is 5.02 Å². The van der Waals surface area contributed by atoms with Crippen LogP contribution < -0.4 is 5.56 Å². The van der Waals surface area contributed by atoms with E-state index in [4.69, 9.17) is 11.6 Å². The molecule has 0 atom stereocenters. The van der Waals surface area contributed by atoms with Crippen LogP contribution in [-0.2, 0) is 5.75 Å². The third-order valence-corrected chi connectivity index (χ3v) is 5.40. The number of aromatic nitrogens is 2. The van der Waals surface area contributed by atoms with E-state index in [0.717, 1.165) is 28.5 Å². The fourth-order valence-corrected chi connectivity index (χ4v) is 3.55. The molecule has 0 unspecified atom stereocenters. The Kier molecular flexibility index (Phi) is 4.19. The monoisotopic (exact) mass is 370 g/mol. The maximum atomic E-state index is 11.9. The summed E-state index contributed by atoms with van der Waals surface area (Å²) >= 11 is 11.0. The molecular formula is C14H12BrClN2OS. The molecule has 6 heteroatoms. The second-order valence-corrected chi connectivity index (χ2v) is 6.92. The van der Waals surface area contributed by atoms with Gasteiger partial charge in [-0.3, -0.25) is 4.79 Å². The second kappa shape index (κ2) is 5.92. The van der Waals surface area contributed by atoms with Crippen LogP contribution in [0.25, 0.3) is 0 Å². The number of benzene rings is 1. The fraction of sp³-hybridized carbons (Fsp3) is 0.286. The Hall–Kier alpha value is -0.780. The van der Waals surface area contributed by atoms with E-state index in [1.807, 2.05) is 24.3 Å². The molecule has 1 N–H and O–H groups in total. The number of H-pyrrole nitrogens is 1. The largest absolute Gasteiger partial charge is 0.309 e. The smallest absolute Gasteiger partial charge is 0.265 e. The first-order valence-corrected chi connectivity index (χ1v) is 8.46. The Bertz CT molecular complexity index is 700. The molecule has 1 saturated carbocycles. The highest BCUT2D eigenvalue weighted by Crippen LogP contribution is 2.41. The zero-order chi connectivity index (χ0) is 14.1. The van der Waals surface area contributed by atoms with Crippen LogP contribution in [0.5, 0.6) is 0 Å². The van der Waals surface area contributed by atoms with E-state index in [-0.39, 0.29) is 5.56 Å². The number of rotatable bonds is 4. The number of hydrogen-bond acceptors (Lipinski definition) is 3. The van der Waals surface area contributed by atoms with E-state index in [2.05, 4.69) is 25.9 Å². The maximum Gasteiger partial charge on any atom is 0.265 e. The minimum Gasteiger partial charge on any atom is -0.309 e. The summed E-state index contributed by atoms with van der Waals surface area (Å²) in [7, 11) is 0. The summed E-state index contributed by atoms with van der Waals surface area (Å²) in [4.78, 5) is 20.3. The minimum absolute atomic E-state index is 0.100. The number of nitrogens with zero attached hydrogens (tertiary/aromatic N) is 1. The van der Waals surface area contributed by atoms with Crippen molar-refractivity contribution in [2.75, 3.05) is 0 Å². The molecule has 0 saturated heterocycles. The standard InChI is InChI=1S/C14H12BrClN2OS/c15-12-13(8-5-6-8)17-11(18-14(12)19)7-20-10-4-2-1-3-9(10)16/h1-4,8H,5-7H2,(H,17,18,19). The van der Waals surface area contributed by atoms with E-state index < -0.39 is 0 Å². The molecule has 0 spiro atoms. The molecule has 1 aliphatic rings. The highest BCUT2D eigenvalue weighted by Gasteiger charge is 2.28. The summed E-state index contributed by atoms with van der Waals surface area (Å²) in [6.07, 6.45) is 2.23. The Morgan fingerprint density at radius 3 is 2.85 bits per heavy atom. The third kappa shape index (κ3) is 3.10. The zero-order valence-electron chi connectivity index (χ0n) is 10.5. The molecule has 0 radical (unpaired) electrons. The molecule has 1 fully saturated rings. The van der Waals surface area contributed by atoms with Crippen LogP contribution in [0, 0.1) is 0 Å². The lowest BCUT2D eigenvalue weighted by atomic mass is 10.3. The van der Waals surface area contributed by atoms with Gasteiger partial charge in [-0.15, -0.1) is 11.8 Å². The minimum atomic E-state index is -0.100. The lowest BCUT2D eigenvalue weighted by Gasteiger charge is -2.06. The number of aromatic amines is 1.